The molecule has 17 heavy (non-hydrogen) atoms. The van der Waals surface area contributed by atoms with Crippen molar-refractivity contribution < 1.29 is 4.79 Å². The van der Waals surface area contributed by atoms with E-state index in [9.17, 15) is 4.79 Å². The molecular formula is C11H19N5O. The van der Waals surface area contributed by atoms with Gasteiger partial charge in [0, 0.05) is 38.4 Å². The van der Waals surface area contributed by atoms with Gasteiger partial charge >= 0.3 is 0 Å². The fourth-order valence-corrected chi connectivity index (χ4v) is 2.30. The Labute approximate surface area is 101 Å². The van der Waals surface area contributed by atoms with Crippen molar-refractivity contribution >= 4 is 5.91 Å². The highest BCUT2D eigenvalue weighted by atomic mass is 16.2. The van der Waals surface area contributed by atoms with Gasteiger partial charge in [-0.1, -0.05) is 0 Å². The molecule has 0 aliphatic carbocycles. The summed E-state index contributed by atoms with van der Waals surface area (Å²) in [4.78, 5) is 13.8. The maximum absolute atomic E-state index is 11.6. The molecule has 2 heterocycles. The molecule has 2 unspecified atom stereocenters. The number of hydrogen-bond donors (Lipinski definition) is 2. The van der Waals surface area contributed by atoms with Crippen LogP contribution in [-0.4, -0.2) is 46.3 Å². The van der Waals surface area contributed by atoms with Crippen LogP contribution in [0.5, 0.6) is 0 Å². The number of nitrogens with zero attached hydrogens (tertiary/aromatic N) is 3. The number of aromatic nitrogens is 2. The van der Waals surface area contributed by atoms with Gasteiger partial charge in [-0.05, 0) is 6.92 Å². The van der Waals surface area contributed by atoms with Gasteiger partial charge < -0.3 is 11.1 Å². The van der Waals surface area contributed by atoms with Crippen LogP contribution in [0.25, 0.3) is 0 Å². The minimum absolute atomic E-state index is 0.0600. The predicted octanol–water partition coefficient (Wildman–Crippen LogP) is -0.760. The molecule has 0 spiro atoms. The SMILES string of the molecule is CC1C(=O)NCCN1C(CN)c1cnn(C)c1. The first kappa shape index (κ1) is 12.1. The molecule has 0 radical (unpaired) electrons. The molecule has 3 N–H and O–H groups in total. The molecule has 94 valence electrons. The van der Waals surface area contributed by atoms with Crippen molar-refractivity contribution in [1.29, 1.82) is 0 Å². The molecule has 1 aliphatic rings. The number of piperazine rings is 1. The van der Waals surface area contributed by atoms with E-state index < -0.39 is 0 Å². The lowest BCUT2D eigenvalue weighted by Gasteiger charge is -2.38. The Morgan fingerprint density at radius 3 is 3.06 bits per heavy atom. The molecule has 0 bridgehead atoms. The summed E-state index contributed by atoms with van der Waals surface area (Å²) in [5.74, 6) is 0.0681. The number of nitrogens with one attached hydrogen (secondary N) is 1. The number of carbonyl (C=O) groups is 1. The molecule has 6 heteroatoms. The third-order valence-electron chi connectivity index (χ3n) is 3.28. The summed E-state index contributed by atoms with van der Waals surface area (Å²) >= 11 is 0. The van der Waals surface area contributed by atoms with Crippen LogP contribution in [-0.2, 0) is 11.8 Å². The standard InChI is InChI=1S/C11H19N5O/c1-8-11(17)13-3-4-16(8)10(5-12)9-6-14-15(2)7-9/h6-8,10H,3-5,12H2,1-2H3,(H,13,17). The maximum Gasteiger partial charge on any atom is 0.237 e. The van der Waals surface area contributed by atoms with E-state index in [1.807, 2.05) is 26.4 Å². The molecule has 1 aromatic heterocycles. The lowest BCUT2D eigenvalue weighted by Crippen LogP contribution is -2.55. The number of hydrogen-bond acceptors (Lipinski definition) is 4. The quantitative estimate of drug-likeness (QED) is 0.724. The third kappa shape index (κ3) is 2.32. The monoisotopic (exact) mass is 237 g/mol. The Balaban J connectivity index is 2.20. The summed E-state index contributed by atoms with van der Waals surface area (Å²) in [5, 5.41) is 7.01. The molecule has 1 aromatic rings. The van der Waals surface area contributed by atoms with Crippen LogP contribution >= 0.6 is 0 Å². The normalized spacial score (nSPS) is 23.5. The highest BCUT2D eigenvalue weighted by molar-refractivity contribution is 5.82. The first-order valence-electron chi connectivity index (χ1n) is 5.85. The van der Waals surface area contributed by atoms with Crippen LogP contribution in [0.3, 0.4) is 0 Å². The summed E-state index contributed by atoms with van der Waals surface area (Å²) in [7, 11) is 1.88. The zero-order chi connectivity index (χ0) is 12.4. The zero-order valence-electron chi connectivity index (χ0n) is 10.3. The van der Waals surface area contributed by atoms with E-state index in [0.717, 1.165) is 12.1 Å². The summed E-state index contributed by atoms with van der Waals surface area (Å²) in [5.41, 5.74) is 6.91. The number of rotatable bonds is 3. The van der Waals surface area contributed by atoms with Crippen molar-refractivity contribution in [3.63, 3.8) is 0 Å². The Morgan fingerprint density at radius 1 is 1.71 bits per heavy atom. The smallest absolute Gasteiger partial charge is 0.237 e. The summed E-state index contributed by atoms with van der Waals surface area (Å²) in [6.45, 7) is 3.90. The van der Waals surface area contributed by atoms with Crippen LogP contribution in [0.15, 0.2) is 12.4 Å². The minimum Gasteiger partial charge on any atom is -0.353 e. The molecule has 1 aliphatic heterocycles. The second-order valence-electron chi connectivity index (χ2n) is 4.40. The fraction of sp³-hybridized carbons (Fsp3) is 0.636. The number of amides is 1. The molecule has 1 fully saturated rings. The maximum atomic E-state index is 11.6. The van der Waals surface area contributed by atoms with Crippen molar-refractivity contribution in [2.45, 2.75) is 19.0 Å². The van der Waals surface area contributed by atoms with Crippen molar-refractivity contribution in [3.8, 4) is 0 Å². The Kier molecular flexibility index (Phi) is 3.44. The number of aryl methyl sites for hydroxylation is 1. The fourth-order valence-electron chi connectivity index (χ4n) is 2.30. The van der Waals surface area contributed by atoms with E-state index >= 15 is 0 Å². The number of carbonyl (C=O) groups excluding carboxylic acids is 1. The van der Waals surface area contributed by atoms with E-state index in [0.29, 0.717) is 13.1 Å². The summed E-state index contributed by atoms with van der Waals surface area (Å²) in [6, 6.07) is -0.0812. The topological polar surface area (TPSA) is 76.2 Å². The first-order valence-corrected chi connectivity index (χ1v) is 5.85. The summed E-state index contributed by atoms with van der Waals surface area (Å²) < 4.78 is 1.76. The largest absolute Gasteiger partial charge is 0.353 e. The van der Waals surface area contributed by atoms with Gasteiger partial charge in [0.05, 0.1) is 18.3 Å². The highest BCUT2D eigenvalue weighted by Gasteiger charge is 2.31. The molecule has 1 amide bonds. The second-order valence-corrected chi connectivity index (χ2v) is 4.40. The lowest BCUT2D eigenvalue weighted by molar-refractivity contribution is -0.129. The van der Waals surface area contributed by atoms with Crippen LogP contribution in [0.2, 0.25) is 0 Å². The highest BCUT2D eigenvalue weighted by Crippen LogP contribution is 2.22. The van der Waals surface area contributed by atoms with Crippen molar-refractivity contribution in [2.24, 2.45) is 12.8 Å². The van der Waals surface area contributed by atoms with Gasteiger partial charge in [0.15, 0.2) is 0 Å². The van der Waals surface area contributed by atoms with Crippen LogP contribution in [0.4, 0.5) is 0 Å². The third-order valence-corrected chi connectivity index (χ3v) is 3.28. The van der Waals surface area contributed by atoms with Crippen LogP contribution < -0.4 is 11.1 Å². The average molecular weight is 237 g/mol. The first-order chi connectivity index (χ1) is 8.13. The van der Waals surface area contributed by atoms with E-state index in [2.05, 4.69) is 15.3 Å². The van der Waals surface area contributed by atoms with Gasteiger partial charge in [-0.3, -0.25) is 14.4 Å². The molecule has 0 aromatic carbocycles. The van der Waals surface area contributed by atoms with Crippen LogP contribution in [0.1, 0.15) is 18.5 Å². The van der Waals surface area contributed by atoms with E-state index in [1.165, 1.54) is 0 Å². The van der Waals surface area contributed by atoms with Gasteiger partial charge in [-0.2, -0.15) is 5.10 Å². The molecule has 2 rings (SSSR count). The predicted molar refractivity (Wildman–Crippen MR) is 64.2 cm³/mol. The summed E-state index contributed by atoms with van der Waals surface area (Å²) in [6.07, 6.45) is 3.77. The number of nitrogens with two attached hydrogens (primary N) is 1. The minimum atomic E-state index is -0.141. The Hall–Kier alpha value is -1.40. The second kappa shape index (κ2) is 4.85. The lowest BCUT2D eigenvalue weighted by atomic mass is 10.1. The molecule has 1 saturated heterocycles. The Morgan fingerprint density at radius 2 is 2.47 bits per heavy atom. The van der Waals surface area contributed by atoms with E-state index in [1.54, 1.807) is 4.68 Å². The van der Waals surface area contributed by atoms with Gasteiger partial charge in [-0.25, -0.2) is 0 Å². The van der Waals surface area contributed by atoms with Crippen molar-refractivity contribution in [2.75, 3.05) is 19.6 Å². The van der Waals surface area contributed by atoms with Gasteiger partial charge in [0.1, 0.15) is 0 Å². The Bertz CT molecular complexity index is 402. The molecule has 6 nitrogen and oxygen atoms in total. The van der Waals surface area contributed by atoms with Crippen molar-refractivity contribution in [1.82, 2.24) is 20.0 Å². The van der Waals surface area contributed by atoms with Gasteiger partial charge in [0.2, 0.25) is 5.91 Å². The van der Waals surface area contributed by atoms with E-state index in [4.69, 9.17) is 5.73 Å². The molecular weight excluding hydrogens is 218 g/mol. The van der Waals surface area contributed by atoms with Gasteiger partial charge in [0.25, 0.3) is 0 Å². The average Bonchev–Trinajstić information content (AvgIpc) is 2.72. The molecule has 0 saturated carbocycles. The van der Waals surface area contributed by atoms with E-state index in [-0.39, 0.29) is 18.0 Å². The molecule has 2 atom stereocenters. The van der Waals surface area contributed by atoms with Gasteiger partial charge in [-0.15, -0.1) is 0 Å². The van der Waals surface area contributed by atoms with Crippen molar-refractivity contribution in [3.05, 3.63) is 18.0 Å². The zero-order valence-corrected chi connectivity index (χ0v) is 10.3. The van der Waals surface area contributed by atoms with Crippen LogP contribution in [0, 0.1) is 0 Å².